The number of aryl methyl sites for hydroxylation is 1. The molecule has 104 valence electrons. The second-order valence-corrected chi connectivity index (χ2v) is 4.04. The van der Waals surface area contributed by atoms with Crippen molar-refractivity contribution in [2.75, 3.05) is 19.5 Å². The maximum Gasteiger partial charge on any atom is 0.316 e. The Morgan fingerprint density at radius 2 is 2.00 bits per heavy atom. The van der Waals surface area contributed by atoms with Crippen LogP contribution in [0.2, 0.25) is 0 Å². The lowest BCUT2D eigenvalue weighted by atomic mass is 10.1. The van der Waals surface area contributed by atoms with Gasteiger partial charge in [0, 0.05) is 12.6 Å². The van der Waals surface area contributed by atoms with Crippen LogP contribution in [0, 0.1) is 17.0 Å². The van der Waals surface area contributed by atoms with Gasteiger partial charge in [0.1, 0.15) is 11.4 Å². The zero-order valence-electron chi connectivity index (χ0n) is 11.4. The quantitative estimate of drug-likeness (QED) is 0.680. The van der Waals surface area contributed by atoms with Gasteiger partial charge in [-0.05, 0) is 19.1 Å². The summed E-state index contributed by atoms with van der Waals surface area (Å²) < 4.78 is 5.24. The Balaban J connectivity index is 2.77. The first-order chi connectivity index (χ1) is 9.58. The maximum absolute atomic E-state index is 11.3. The predicted octanol–water partition coefficient (Wildman–Crippen LogP) is 2.41. The largest absolute Gasteiger partial charge is 0.496 e. The smallest absolute Gasteiger partial charge is 0.316 e. The van der Waals surface area contributed by atoms with Gasteiger partial charge in [0.2, 0.25) is 5.95 Å². The van der Waals surface area contributed by atoms with Gasteiger partial charge in [-0.2, -0.15) is 0 Å². The van der Waals surface area contributed by atoms with E-state index >= 15 is 0 Å². The number of benzene rings is 1. The van der Waals surface area contributed by atoms with Crippen LogP contribution in [0.25, 0.3) is 11.3 Å². The first-order valence-corrected chi connectivity index (χ1v) is 5.92. The standard InChI is InChI=1S/C13H14N4O3/c1-8-12(17(18)19)11(16-13(14-2)15-8)9-6-4-5-7-10(9)20-3/h4-7H,1-3H3,(H,14,15,16). The molecule has 0 radical (unpaired) electrons. The highest BCUT2D eigenvalue weighted by atomic mass is 16.6. The number of anilines is 1. The molecule has 0 atom stereocenters. The van der Waals surface area contributed by atoms with E-state index in [0.29, 0.717) is 23.0 Å². The van der Waals surface area contributed by atoms with Gasteiger partial charge < -0.3 is 10.1 Å². The van der Waals surface area contributed by atoms with E-state index in [-0.39, 0.29) is 11.4 Å². The second kappa shape index (κ2) is 5.52. The number of nitrogens with one attached hydrogen (secondary N) is 1. The summed E-state index contributed by atoms with van der Waals surface area (Å²) in [4.78, 5) is 19.1. The first-order valence-electron chi connectivity index (χ1n) is 5.92. The third kappa shape index (κ3) is 2.37. The minimum absolute atomic E-state index is 0.117. The predicted molar refractivity (Wildman–Crippen MR) is 75.0 cm³/mol. The third-order valence-electron chi connectivity index (χ3n) is 2.83. The van der Waals surface area contributed by atoms with Gasteiger partial charge in [-0.15, -0.1) is 0 Å². The molecule has 20 heavy (non-hydrogen) atoms. The topological polar surface area (TPSA) is 90.2 Å². The van der Waals surface area contributed by atoms with E-state index in [1.165, 1.54) is 7.11 Å². The van der Waals surface area contributed by atoms with E-state index in [0.717, 1.165) is 0 Å². The average Bonchev–Trinajstić information content (AvgIpc) is 2.45. The van der Waals surface area contributed by atoms with Gasteiger partial charge in [-0.1, -0.05) is 12.1 Å². The normalized spacial score (nSPS) is 10.2. The zero-order chi connectivity index (χ0) is 14.7. The van der Waals surface area contributed by atoms with Crippen LogP contribution in [0.4, 0.5) is 11.6 Å². The molecule has 0 amide bonds. The van der Waals surface area contributed by atoms with Crippen molar-refractivity contribution in [3.63, 3.8) is 0 Å². The van der Waals surface area contributed by atoms with Crippen LogP contribution in [0.15, 0.2) is 24.3 Å². The molecule has 0 spiro atoms. The van der Waals surface area contributed by atoms with Gasteiger partial charge in [0.05, 0.1) is 12.0 Å². The number of nitro groups is 1. The van der Waals surface area contributed by atoms with Crippen LogP contribution >= 0.6 is 0 Å². The van der Waals surface area contributed by atoms with Gasteiger partial charge in [-0.3, -0.25) is 10.1 Å². The number of ether oxygens (including phenoxy) is 1. The number of nitrogens with zero attached hydrogens (tertiary/aromatic N) is 3. The Morgan fingerprint density at radius 3 is 2.60 bits per heavy atom. The maximum atomic E-state index is 11.3. The van der Waals surface area contributed by atoms with Crippen molar-refractivity contribution in [3.05, 3.63) is 40.1 Å². The molecule has 0 fully saturated rings. The molecule has 0 aliphatic rings. The van der Waals surface area contributed by atoms with Crippen LogP contribution in [-0.4, -0.2) is 29.0 Å². The van der Waals surface area contributed by atoms with Crippen molar-refractivity contribution in [2.24, 2.45) is 0 Å². The highest BCUT2D eigenvalue weighted by Gasteiger charge is 2.24. The van der Waals surface area contributed by atoms with Crippen molar-refractivity contribution in [1.82, 2.24) is 9.97 Å². The SMILES string of the molecule is CNc1nc(C)c([N+](=O)[O-])c(-c2ccccc2OC)n1. The third-order valence-corrected chi connectivity index (χ3v) is 2.83. The average molecular weight is 274 g/mol. The number of hydrogen-bond acceptors (Lipinski definition) is 6. The summed E-state index contributed by atoms with van der Waals surface area (Å²) in [5.41, 5.74) is 0.983. The van der Waals surface area contributed by atoms with Crippen LogP contribution < -0.4 is 10.1 Å². The van der Waals surface area contributed by atoms with E-state index < -0.39 is 4.92 Å². The Kier molecular flexibility index (Phi) is 3.79. The second-order valence-electron chi connectivity index (χ2n) is 4.04. The molecule has 0 aliphatic heterocycles. The fourth-order valence-corrected chi connectivity index (χ4v) is 1.93. The van der Waals surface area contributed by atoms with Crippen molar-refractivity contribution in [3.8, 4) is 17.0 Å². The van der Waals surface area contributed by atoms with Gasteiger partial charge in [0.15, 0.2) is 5.69 Å². The van der Waals surface area contributed by atoms with Crippen molar-refractivity contribution >= 4 is 11.6 Å². The number of rotatable bonds is 4. The van der Waals surface area contributed by atoms with E-state index in [1.807, 2.05) is 0 Å². The first kappa shape index (κ1) is 13.7. The van der Waals surface area contributed by atoms with Crippen molar-refractivity contribution in [2.45, 2.75) is 6.92 Å². The summed E-state index contributed by atoms with van der Waals surface area (Å²) >= 11 is 0. The Morgan fingerprint density at radius 1 is 1.30 bits per heavy atom. The van der Waals surface area contributed by atoms with Gasteiger partial charge in [-0.25, -0.2) is 9.97 Å². The molecular formula is C13H14N4O3. The van der Waals surface area contributed by atoms with E-state index in [2.05, 4.69) is 15.3 Å². The van der Waals surface area contributed by atoms with E-state index in [9.17, 15) is 10.1 Å². The Bertz CT molecular complexity index is 658. The molecule has 7 nitrogen and oxygen atoms in total. The molecule has 0 bridgehead atoms. The summed E-state index contributed by atoms with van der Waals surface area (Å²) in [6.07, 6.45) is 0. The molecule has 1 heterocycles. The van der Waals surface area contributed by atoms with E-state index in [1.54, 1.807) is 38.2 Å². The van der Waals surface area contributed by atoms with Crippen LogP contribution in [-0.2, 0) is 0 Å². The van der Waals surface area contributed by atoms with Crippen molar-refractivity contribution < 1.29 is 9.66 Å². The lowest BCUT2D eigenvalue weighted by Crippen LogP contribution is -2.05. The molecule has 0 saturated heterocycles. The van der Waals surface area contributed by atoms with Gasteiger partial charge >= 0.3 is 5.69 Å². The van der Waals surface area contributed by atoms with Crippen LogP contribution in [0.3, 0.4) is 0 Å². The summed E-state index contributed by atoms with van der Waals surface area (Å²) in [7, 11) is 3.17. The summed E-state index contributed by atoms with van der Waals surface area (Å²) in [6, 6.07) is 7.03. The summed E-state index contributed by atoms with van der Waals surface area (Å²) in [6.45, 7) is 1.58. The van der Waals surface area contributed by atoms with Gasteiger partial charge in [0.25, 0.3) is 0 Å². The molecule has 2 aromatic rings. The molecule has 0 unspecified atom stereocenters. The van der Waals surface area contributed by atoms with Crippen molar-refractivity contribution in [1.29, 1.82) is 0 Å². The molecule has 0 saturated carbocycles. The highest BCUT2D eigenvalue weighted by Crippen LogP contribution is 2.36. The summed E-state index contributed by atoms with van der Waals surface area (Å²) in [5, 5.41) is 14.1. The van der Waals surface area contributed by atoms with Crippen LogP contribution in [0.5, 0.6) is 5.75 Å². The number of methoxy groups -OCH3 is 1. The molecule has 1 N–H and O–H groups in total. The Labute approximate surface area is 115 Å². The molecule has 2 rings (SSSR count). The molecule has 1 aromatic heterocycles. The molecule has 0 aliphatic carbocycles. The number of hydrogen-bond donors (Lipinski definition) is 1. The minimum atomic E-state index is -0.476. The minimum Gasteiger partial charge on any atom is -0.496 e. The Hall–Kier alpha value is -2.70. The van der Waals surface area contributed by atoms with Crippen LogP contribution in [0.1, 0.15) is 5.69 Å². The molecule has 7 heteroatoms. The number of para-hydroxylation sites is 1. The lowest BCUT2D eigenvalue weighted by molar-refractivity contribution is -0.385. The number of aromatic nitrogens is 2. The highest BCUT2D eigenvalue weighted by molar-refractivity contribution is 5.76. The monoisotopic (exact) mass is 274 g/mol. The fourth-order valence-electron chi connectivity index (χ4n) is 1.93. The molecular weight excluding hydrogens is 260 g/mol. The van der Waals surface area contributed by atoms with E-state index in [4.69, 9.17) is 4.74 Å². The molecule has 1 aromatic carbocycles. The fraction of sp³-hybridized carbons (Fsp3) is 0.231. The lowest BCUT2D eigenvalue weighted by Gasteiger charge is -2.10. The zero-order valence-corrected chi connectivity index (χ0v) is 11.4. The summed E-state index contributed by atoms with van der Waals surface area (Å²) in [5.74, 6) is 0.852.